The fraction of sp³-hybridized carbons (Fsp3) is 0.727. The van der Waals surface area contributed by atoms with Crippen molar-refractivity contribution in [3.63, 3.8) is 0 Å². The summed E-state index contributed by atoms with van der Waals surface area (Å²) in [5.41, 5.74) is 41.1. The molecule has 26 heteroatoms. The molecule has 0 unspecified atom stereocenters. The molecule has 0 radical (unpaired) electrons. The van der Waals surface area contributed by atoms with Crippen molar-refractivity contribution in [3.05, 3.63) is 29.8 Å². The molecule has 1 aromatic carbocycles. The van der Waals surface area contributed by atoms with Crippen LogP contribution < -0.4 is 72.0 Å². The van der Waals surface area contributed by atoms with Crippen LogP contribution in [0.4, 0.5) is 0 Å². The Kier molecular flexibility index (Phi) is 33.0. The topological polar surface area (TPSA) is 455 Å². The van der Waals surface area contributed by atoms with Crippen LogP contribution in [0, 0.1) is 0 Å². The number of carboxylic acids is 1. The Labute approximate surface area is 477 Å². The Balaban J connectivity index is 1.90. The van der Waals surface area contributed by atoms with Crippen molar-refractivity contribution in [2.45, 2.75) is 202 Å². The number of carbonyl (C=O) groups excluding carboxylic acids is 8. The predicted molar refractivity (Wildman–Crippen MR) is 306 cm³/mol. The molecule has 0 bridgehead atoms. The quantitative estimate of drug-likeness (QED) is 0.0316. The summed E-state index contributed by atoms with van der Waals surface area (Å²) >= 11 is 0. The van der Waals surface area contributed by atoms with E-state index in [9.17, 15) is 53.4 Å². The molecule has 458 valence electrons. The molecule has 2 saturated heterocycles. The summed E-state index contributed by atoms with van der Waals surface area (Å²) < 4.78 is 0. The van der Waals surface area contributed by atoms with Gasteiger partial charge in [-0.2, -0.15) is 0 Å². The Morgan fingerprint density at radius 1 is 0.444 bits per heavy atom. The van der Waals surface area contributed by atoms with Crippen molar-refractivity contribution >= 4 is 53.2 Å². The highest BCUT2D eigenvalue weighted by molar-refractivity contribution is 5.98. The van der Waals surface area contributed by atoms with Gasteiger partial charge in [0.05, 0.1) is 6.04 Å². The molecule has 9 atom stereocenters. The van der Waals surface area contributed by atoms with E-state index in [1.165, 1.54) is 21.9 Å². The van der Waals surface area contributed by atoms with Gasteiger partial charge in [0.1, 0.15) is 54.1 Å². The van der Waals surface area contributed by atoms with Crippen molar-refractivity contribution in [2.24, 2.45) is 40.1 Å². The monoisotopic (exact) mass is 1140 g/mol. The minimum Gasteiger partial charge on any atom is -0.508 e. The van der Waals surface area contributed by atoms with Gasteiger partial charge in [-0.1, -0.05) is 18.6 Å². The molecular formula is C55H97N15O11. The minimum absolute atomic E-state index is 0.0313. The maximum atomic E-state index is 14.8. The molecule has 26 nitrogen and oxygen atoms in total. The normalized spacial score (nSPS) is 17.7. The number of carboxylic acid groups (broad SMARTS) is 1. The van der Waals surface area contributed by atoms with Crippen molar-refractivity contribution in [3.8, 4) is 5.75 Å². The van der Waals surface area contributed by atoms with Crippen LogP contribution >= 0.6 is 0 Å². The number of amides is 8. The summed E-state index contributed by atoms with van der Waals surface area (Å²) in [6.07, 6.45) is 8.59. The second-order valence-corrected chi connectivity index (χ2v) is 21.3. The maximum absolute atomic E-state index is 14.8. The Morgan fingerprint density at radius 2 is 0.778 bits per heavy atom. The van der Waals surface area contributed by atoms with Crippen molar-refractivity contribution in [1.29, 1.82) is 0 Å². The lowest BCUT2D eigenvalue weighted by atomic mass is 10.0. The summed E-state index contributed by atoms with van der Waals surface area (Å²) in [5, 5.41) is 36.6. The number of phenolic OH excluding ortho intramolecular Hbond substituents is 1. The average molecular weight is 1140 g/mol. The Morgan fingerprint density at radius 3 is 1.20 bits per heavy atom. The molecule has 0 spiro atoms. The molecule has 0 aliphatic carbocycles. The minimum atomic E-state index is -1.28. The van der Waals surface area contributed by atoms with Crippen LogP contribution in [0.5, 0.6) is 5.75 Å². The number of unbranched alkanes of at least 4 members (excludes halogenated alkanes) is 6. The lowest BCUT2D eigenvalue weighted by Gasteiger charge is -2.32. The molecule has 81 heavy (non-hydrogen) atoms. The van der Waals surface area contributed by atoms with E-state index in [2.05, 4.69) is 31.9 Å². The van der Waals surface area contributed by atoms with E-state index in [1.807, 2.05) is 0 Å². The van der Waals surface area contributed by atoms with Gasteiger partial charge >= 0.3 is 5.97 Å². The number of aliphatic carboxylic acids is 1. The molecule has 1 aromatic rings. The molecule has 2 aliphatic heterocycles. The van der Waals surface area contributed by atoms with Crippen LogP contribution in [0.2, 0.25) is 0 Å². The van der Waals surface area contributed by atoms with Crippen molar-refractivity contribution in [1.82, 2.24) is 41.7 Å². The summed E-state index contributed by atoms with van der Waals surface area (Å²) in [6.45, 7) is 2.37. The summed E-state index contributed by atoms with van der Waals surface area (Å²) in [4.78, 5) is 128. The van der Waals surface area contributed by atoms with Gasteiger partial charge < -0.3 is 92.0 Å². The third kappa shape index (κ3) is 24.1. The lowest BCUT2D eigenvalue weighted by Crippen LogP contribution is -2.60. The number of aromatic hydroxyl groups is 1. The van der Waals surface area contributed by atoms with Crippen LogP contribution in [-0.2, 0) is 49.6 Å². The van der Waals surface area contributed by atoms with Crippen LogP contribution in [0.25, 0.3) is 0 Å². The molecule has 0 saturated carbocycles. The number of likely N-dealkylation sites (tertiary alicyclic amines) is 2. The second-order valence-electron chi connectivity index (χ2n) is 21.3. The smallest absolute Gasteiger partial charge is 0.326 e. The zero-order valence-electron chi connectivity index (χ0n) is 47.4. The highest BCUT2D eigenvalue weighted by atomic mass is 16.4. The van der Waals surface area contributed by atoms with Crippen LogP contribution in [0.15, 0.2) is 24.3 Å². The van der Waals surface area contributed by atoms with E-state index in [1.54, 1.807) is 12.1 Å². The molecule has 2 aliphatic rings. The fourth-order valence-corrected chi connectivity index (χ4v) is 10.1. The van der Waals surface area contributed by atoms with E-state index < -0.39 is 108 Å². The van der Waals surface area contributed by atoms with Crippen molar-refractivity contribution < 1.29 is 53.4 Å². The Bertz CT molecular complexity index is 2120. The van der Waals surface area contributed by atoms with E-state index in [-0.39, 0.29) is 70.2 Å². The van der Waals surface area contributed by atoms with Gasteiger partial charge in [0.25, 0.3) is 0 Å². The van der Waals surface area contributed by atoms with Gasteiger partial charge in [-0.25, -0.2) is 4.79 Å². The number of carbonyl (C=O) groups is 9. The number of benzene rings is 1. The van der Waals surface area contributed by atoms with E-state index in [4.69, 9.17) is 40.1 Å². The van der Waals surface area contributed by atoms with Gasteiger partial charge in [-0.15, -0.1) is 0 Å². The number of nitrogens with one attached hydrogen (secondary N) is 6. The largest absolute Gasteiger partial charge is 0.508 e. The second kappa shape index (κ2) is 38.6. The van der Waals surface area contributed by atoms with Gasteiger partial charge in [0.15, 0.2) is 0 Å². The summed E-state index contributed by atoms with van der Waals surface area (Å²) in [6, 6.07) is -4.00. The molecule has 22 N–H and O–H groups in total. The number of hydrogen-bond donors (Lipinski definition) is 15. The third-order valence-corrected chi connectivity index (χ3v) is 14.8. The molecule has 2 heterocycles. The van der Waals surface area contributed by atoms with Gasteiger partial charge in [0, 0.05) is 19.5 Å². The van der Waals surface area contributed by atoms with E-state index in [0.717, 1.165) is 0 Å². The first-order valence-corrected chi connectivity index (χ1v) is 29.3. The molecule has 0 aromatic heterocycles. The number of nitrogens with zero attached hydrogens (tertiary/aromatic N) is 2. The van der Waals surface area contributed by atoms with E-state index >= 15 is 0 Å². The number of phenols is 1. The SMILES string of the molecule is NCCCC[C@H](NC(=O)[C@H](CCCCN)NC(=O)[C@@H]1CCCN1C(=O)[C@H](Cc1ccc(O)cc1)NC(=O)[C@H]1CCCN1C(=O)[C@H](CCCCN)NC(=O)[C@H](CCCCN)NC(=O)[C@H](CCCCN)NC(=O)[C@@H](N)CCCCN)C(=O)O. The van der Waals surface area contributed by atoms with Gasteiger partial charge in [-0.3, -0.25) is 38.4 Å². The zero-order chi connectivity index (χ0) is 59.7. The Hall–Kier alpha value is -6.03. The van der Waals surface area contributed by atoms with Crippen molar-refractivity contribution in [2.75, 3.05) is 52.4 Å². The lowest BCUT2D eigenvalue weighted by molar-refractivity contribution is -0.145. The first-order valence-electron chi connectivity index (χ1n) is 29.3. The molecule has 3 rings (SSSR count). The predicted octanol–water partition coefficient (Wildman–Crippen LogP) is -1.99. The third-order valence-electron chi connectivity index (χ3n) is 14.8. The van der Waals surface area contributed by atoms with Gasteiger partial charge in [-0.05, 0) is 192 Å². The number of hydrogen-bond acceptors (Lipinski definition) is 17. The first-order chi connectivity index (χ1) is 38.9. The zero-order valence-corrected chi connectivity index (χ0v) is 47.4. The number of rotatable bonds is 41. The van der Waals surface area contributed by atoms with E-state index in [0.29, 0.717) is 141 Å². The number of nitrogens with two attached hydrogens (primary N) is 7. The van der Waals surface area contributed by atoms with Gasteiger partial charge in [0.2, 0.25) is 47.3 Å². The standard InChI is InChI=1S/C55H97N15O11/c56-27-7-1-15-38(62)47(72)63-39(16-2-8-28-57)48(73)64-40(17-3-9-29-58)49(74)66-42(19-5-11-31-60)53(78)69-33-13-22-46(69)52(77)68-44(35-36-23-25-37(71)26-24-36)54(79)70-34-14-21-45(70)51(76)65-41(18-4-10-30-59)50(75)67-43(55(80)81)20-6-12-32-61/h23-26,38-46,71H,1-22,27-35,56-62H2,(H,63,72)(H,64,73)(H,65,76)(H,66,74)(H,67,75)(H,68,77)(H,80,81)/t38-,39-,40-,41-,42-,43-,44-,45-,46+/m0/s1. The highest BCUT2D eigenvalue weighted by Crippen LogP contribution is 2.24. The van der Waals surface area contributed by atoms with Crippen LogP contribution in [0.1, 0.15) is 147 Å². The summed E-state index contributed by atoms with van der Waals surface area (Å²) in [7, 11) is 0. The van der Waals surface area contributed by atoms with Crippen LogP contribution in [-0.4, -0.2) is 180 Å². The molecular weight excluding hydrogens is 1050 g/mol. The average Bonchev–Trinajstić information content (AvgIpc) is 4.17. The fourth-order valence-electron chi connectivity index (χ4n) is 10.1. The molecule has 8 amide bonds. The van der Waals surface area contributed by atoms with Crippen LogP contribution in [0.3, 0.4) is 0 Å². The first kappa shape index (κ1) is 69.2. The highest BCUT2D eigenvalue weighted by Gasteiger charge is 2.43. The summed E-state index contributed by atoms with van der Waals surface area (Å²) in [5.74, 6) is -6.24. The molecule has 2 fully saturated rings. The maximum Gasteiger partial charge on any atom is 0.326 e.